The highest BCUT2D eigenvalue weighted by atomic mass is 16.5. The van der Waals surface area contributed by atoms with Crippen molar-refractivity contribution in [2.24, 2.45) is 11.8 Å². The Morgan fingerprint density at radius 3 is 2.31 bits per heavy atom. The molecule has 5 rings (SSSR count). The second-order valence-corrected chi connectivity index (χ2v) is 11.0. The number of amides is 3. The highest BCUT2D eigenvalue weighted by Gasteiger charge is 2.74. The highest BCUT2D eigenvalue weighted by molar-refractivity contribution is 6.04. The third-order valence-electron chi connectivity index (χ3n) is 7.78. The molecule has 2 saturated heterocycles. The molecule has 2 fully saturated rings. The van der Waals surface area contributed by atoms with Gasteiger partial charge in [0.25, 0.3) is 0 Å². The van der Waals surface area contributed by atoms with Crippen molar-refractivity contribution in [3.05, 3.63) is 54.6 Å². The van der Waals surface area contributed by atoms with Crippen LogP contribution in [0.25, 0.3) is 0 Å². The summed E-state index contributed by atoms with van der Waals surface area (Å²) in [7, 11) is 0. The van der Waals surface area contributed by atoms with E-state index in [1.165, 1.54) is 4.90 Å². The van der Waals surface area contributed by atoms with Gasteiger partial charge in [-0.25, -0.2) is 0 Å². The largest absolute Gasteiger partial charge is 0.395 e. The van der Waals surface area contributed by atoms with Crippen molar-refractivity contribution in [1.29, 1.82) is 0 Å². The van der Waals surface area contributed by atoms with Crippen molar-refractivity contribution in [2.45, 2.75) is 50.5 Å². The van der Waals surface area contributed by atoms with E-state index in [2.05, 4.69) is 0 Å². The Kier molecular flexibility index (Phi) is 5.45. The summed E-state index contributed by atoms with van der Waals surface area (Å²) in [5, 5.41) is 9.78. The van der Waals surface area contributed by atoms with E-state index in [4.69, 9.17) is 4.74 Å². The highest BCUT2D eigenvalue weighted by Crippen LogP contribution is 2.57. The maximum Gasteiger partial charge on any atom is 0.249 e. The lowest BCUT2D eigenvalue weighted by Gasteiger charge is -2.41. The number of benzene rings is 1. The van der Waals surface area contributed by atoms with Crippen molar-refractivity contribution in [1.82, 2.24) is 9.80 Å². The minimum Gasteiger partial charge on any atom is -0.395 e. The molecule has 1 aromatic rings. The Morgan fingerprint density at radius 2 is 1.66 bits per heavy atom. The number of fused-ring (bicyclic) bond motifs is 2. The second kappa shape index (κ2) is 8.03. The molecule has 0 aromatic heterocycles. The summed E-state index contributed by atoms with van der Waals surface area (Å²) in [6.45, 7) is 8.13. The summed E-state index contributed by atoms with van der Waals surface area (Å²) >= 11 is 0. The number of β-amino-alcohol motifs (C(OH)–C–C–N with tert-alkyl or cyclic N) is 1. The summed E-state index contributed by atoms with van der Waals surface area (Å²) in [5.74, 6) is -2.47. The van der Waals surface area contributed by atoms with Crippen molar-refractivity contribution in [3.63, 3.8) is 0 Å². The SMILES string of the molecule is CC(C)(C)N1CC=C[C@]23O[C@]4(C)C=CCN(c5ccccc5)C(=O)[C@@H]4[C@H]2C(=O)N(CCO)C3C1=O. The molecule has 8 heteroatoms. The van der Waals surface area contributed by atoms with Crippen LogP contribution in [0.2, 0.25) is 0 Å². The standard InChI is InChI=1S/C27H33N3O5/c1-25(2,3)30-15-9-13-27-20(23(33)29(16-17-31)21(27)24(30)34)19-22(32)28(18-10-6-5-7-11-18)14-8-12-26(19,4)35-27/h5-13,19-21,31H,14-17H2,1-4H3/t19-,20-,21?,26+,27-/m0/s1. The van der Waals surface area contributed by atoms with Gasteiger partial charge >= 0.3 is 0 Å². The molecule has 4 aliphatic heterocycles. The number of hydrogen-bond donors (Lipinski definition) is 1. The average Bonchev–Trinajstić information content (AvgIpc) is 3.05. The third-order valence-corrected chi connectivity index (χ3v) is 7.78. The number of anilines is 1. The van der Waals surface area contributed by atoms with Crippen molar-refractivity contribution >= 4 is 23.4 Å². The van der Waals surface area contributed by atoms with Crippen LogP contribution in [0.3, 0.4) is 0 Å². The maximum atomic E-state index is 14.1. The molecule has 186 valence electrons. The van der Waals surface area contributed by atoms with Gasteiger partial charge in [-0.3, -0.25) is 14.4 Å². The van der Waals surface area contributed by atoms with Gasteiger partial charge in [0.05, 0.1) is 24.0 Å². The zero-order valence-corrected chi connectivity index (χ0v) is 20.7. The maximum absolute atomic E-state index is 14.1. The van der Waals surface area contributed by atoms with Crippen LogP contribution in [0.15, 0.2) is 54.6 Å². The number of para-hydroxylation sites is 1. The van der Waals surface area contributed by atoms with Crippen LogP contribution in [-0.2, 0) is 19.1 Å². The van der Waals surface area contributed by atoms with E-state index < -0.39 is 34.6 Å². The van der Waals surface area contributed by atoms with E-state index in [-0.39, 0.29) is 30.9 Å². The third kappa shape index (κ3) is 3.37. The van der Waals surface area contributed by atoms with Gasteiger partial charge in [0.15, 0.2) is 0 Å². The molecule has 1 spiro atoms. The number of likely N-dealkylation sites (tertiary alicyclic amines) is 1. The van der Waals surface area contributed by atoms with E-state index >= 15 is 0 Å². The summed E-state index contributed by atoms with van der Waals surface area (Å²) in [5.41, 5.74) is -2.10. The minimum absolute atomic E-state index is 0.00145. The van der Waals surface area contributed by atoms with E-state index in [0.29, 0.717) is 13.1 Å². The fourth-order valence-corrected chi connectivity index (χ4v) is 6.31. The van der Waals surface area contributed by atoms with Gasteiger partial charge in [-0.15, -0.1) is 0 Å². The summed E-state index contributed by atoms with van der Waals surface area (Å²) < 4.78 is 6.75. The summed E-state index contributed by atoms with van der Waals surface area (Å²) in [6.07, 6.45) is 7.48. The van der Waals surface area contributed by atoms with Crippen molar-refractivity contribution in [3.8, 4) is 0 Å². The zero-order valence-electron chi connectivity index (χ0n) is 20.7. The van der Waals surface area contributed by atoms with Gasteiger partial charge in [-0.05, 0) is 39.8 Å². The molecular formula is C27H33N3O5. The van der Waals surface area contributed by atoms with Gasteiger partial charge in [0.1, 0.15) is 11.6 Å². The molecule has 3 amide bonds. The van der Waals surface area contributed by atoms with Crippen LogP contribution in [-0.4, -0.2) is 81.7 Å². The van der Waals surface area contributed by atoms with Crippen molar-refractivity contribution in [2.75, 3.05) is 31.1 Å². The quantitative estimate of drug-likeness (QED) is 0.667. The molecule has 35 heavy (non-hydrogen) atoms. The first-order valence-electron chi connectivity index (χ1n) is 12.2. The lowest BCUT2D eigenvalue weighted by Crippen LogP contribution is -2.59. The van der Waals surface area contributed by atoms with Crippen LogP contribution in [0, 0.1) is 11.8 Å². The molecule has 0 aliphatic carbocycles. The number of hydrogen-bond acceptors (Lipinski definition) is 5. The molecule has 5 atom stereocenters. The smallest absolute Gasteiger partial charge is 0.249 e. The number of rotatable bonds is 3. The first kappa shape index (κ1) is 23.8. The fraction of sp³-hybridized carbons (Fsp3) is 0.519. The predicted molar refractivity (Wildman–Crippen MR) is 130 cm³/mol. The normalized spacial score (nSPS) is 34.6. The number of nitrogens with zero attached hydrogens (tertiary/aromatic N) is 3. The molecule has 4 aliphatic rings. The van der Waals surface area contributed by atoms with E-state index in [1.54, 1.807) is 9.80 Å². The van der Waals surface area contributed by atoms with Crippen LogP contribution >= 0.6 is 0 Å². The fourth-order valence-electron chi connectivity index (χ4n) is 6.31. The lowest BCUT2D eigenvalue weighted by atomic mass is 9.74. The number of carbonyl (C=O) groups is 3. The van der Waals surface area contributed by atoms with Gasteiger partial charge in [-0.1, -0.05) is 42.5 Å². The van der Waals surface area contributed by atoms with Crippen molar-refractivity contribution < 1.29 is 24.2 Å². The molecule has 0 radical (unpaired) electrons. The molecule has 0 saturated carbocycles. The lowest BCUT2D eigenvalue weighted by molar-refractivity contribution is -0.154. The topological polar surface area (TPSA) is 90.4 Å². The molecular weight excluding hydrogens is 446 g/mol. The van der Waals surface area contributed by atoms with Crippen LogP contribution in [0.1, 0.15) is 27.7 Å². The monoisotopic (exact) mass is 479 g/mol. The number of carbonyl (C=O) groups excluding carboxylic acids is 3. The molecule has 1 aromatic carbocycles. The summed E-state index contributed by atoms with van der Waals surface area (Å²) in [6, 6.07) is 8.41. The van der Waals surface area contributed by atoms with Gasteiger partial charge in [-0.2, -0.15) is 0 Å². The molecule has 1 N–H and O–H groups in total. The zero-order chi connectivity index (χ0) is 25.2. The van der Waals surface area contributed by atoms with E-state index in [1.807, 2.05) is 82.3 Å². The summed E-state index contributed by atoms with van der Waals surface area (Å²) in [4.78, 5) is 46.9. The Hall–Kier alpha value is -2.97. The number of aliphatic hydroxyl groups is 1. The first-order valence-corrected chi connectivity index (χ1v) is 12.2. The first-order chi connectivity index (χ1) is 16.5. The van der Waals surface area contributed by atoms with Crippen LogP contribution in [0.4, 0.5) is 5.69 Å². The Bertz CT molecular complexity index is 1110. The predicted octanol–water partition coefficient (Wildman–Crippen LogP) is 1.75. The number of aliphatic hydroxyl groups excluding tert-OH is 1. The van der Waals surface area contributed by atoms with E-state index in [9.17, 15) is 19.5 Å². The molecule has 4 heterocycles. The average molecular weight is 480 g/mol. The van der Waals surface area contributed by atoms with Crippen LogP contribution in [0.5, 0.6) is 0 Å². The minimum atomic E-state index is -1.30. The van der Waals surface area contributed by atoms with Gasteiger partial charge in [0.2, 0.25) is 17.7 Å². The Labute approximate surface area is 205 Å². The van der Waals surface area contributed by atoms with Crippen LogP contribution < -0.4 is 4.90 Å². The van der Waals surface area contributed by atoms with Gasteiger partial charge < -0.3 is 24.5 Å². The van der Waals surface area contributed by atoms with Gasteiger partial charge in [0, 0.05) is 30.9 Å². The Morgan fingerprint density at radius 1 is 0.971 bits per heavy atom. The second-order valence-electron chi connectivity index (χ2n) is 11.0. The number of ether oxygens (including phenoxy) is 1. The molecule has 8 nitrogen and oxygen atoms in total. The molecule has 0 bridgehead atoms. The Balaban J connectivity index is 1.65. The van der Waals surface area contributed by atoms with E-state index in [0.717, 1.165) is 5.69 Å². The molecule has 1 unspecified atom stereocenters.